The van der Waals surface area contributed by atoms with Crippen molar-refractivity contribution in [2.24, 2.45) is 0 Å². The highest BCUT2D eigenvalue weighted by Crippen LogP contribution is 2.17. The molecule has 0 amide bonds. The predicted octanol–water partition coefficient (Wildman–Crippen LogP) is 5.33. The second-order valence-corrected chi connectivity index (χ2v) is 6.58. The van der Waals surface area contributed by atoms with E-state index in [1.54, 1.807) is 6.20 Å². The average molecular weight is 379 g/mol. The molecule has 29 heavy (non-hydrogen) atoms. The van der Waals surface area contributed by atoms with Gasteiger partial charge in [0.15, 0.2) is 6.39 Å². The van der Waals surface area contributed by atoms with Crippen molar-refractivity contribution in [3.63, 3.8) is 0 Å². The minimum Gasteiger partial charge on any atom is -0.452 e. The Morgan fingerprint density at radius 2 is 1.07 bits per heavy atom. The lowest BCUT2D eigenvalue weighted by molar-refractivity contribution is 0.558. The van der Waals surface area contributed by atoms with Crippen LogP contribution in [0.2, 0.25) is 0 Å². The highest BCUT2D eigenvalue weighted by Gasteiger charge is 2.02. The number of fused-ring (bicyclic) bond motifs is 8. The molecule has 0 saturated heterocycles. The molecule has 0 radical (unpaired) electrons. The SMILES string of the molecule is C1=Cc2cc3ccc(cc4ccc(cc5nc(cc1n2)C=C5)[nH]4)[nH]3.c1cocn1. The highest BCUT2D eigenvalue weighted by atomic mass is 16.3. The molecule has 6 nitrogen and oxygen atoms in total. The summed E-state index contributed by atoms with van der Waals surface area (Å²) in [7, 11) is 0. The van der Waals surface area contributed by atoms with Crippen LogP contribution in [0.15, 0.2) is 71.8 Å². The molecule has 6 heteroatoms. The number of nitrogens with zero attached hydrogens (tertiary/aromatic N) is 3. The number of oxazole rings is 1. The van der Waals surface area contributed by atoms with E-state index in [0.29, 0.717) is 0 Å². The van der Waals surface area contributed by atoms with E-state index in [2.05, 4.69) is 59.7 Å². The predicted molar refractivity (Wildman–Crippen MR) is 115 cm³/mol. The second-order valence-electron chi connectivity index (χ2n) is 6.58. The smallest absolute Gasteiger partial charge is 0.180 e. The molecule has 0 spiro atoms. The molecule has 0 aromatic carbocycles. The maximum absolute atomic E-state index is 4.62. The van der Waals surface area contributed by atoms with Crippen molar-refractivity contribution >= 4 is 46.4 Å². The van der Waals surface area contributed by atoms with Crippen molar-refractivity contribution in [1.82, 2.24) is 24.9 Å². The summed E-state index contributed by atoms with van der Waals surface area (Å²) in [4.78, 5) is 19.6. The van der Waals surface area contributed by atoms with Crippen LogP contribution < -0.4 is 0 Å². The first kappa shape index (κ1) is 16.9. The highest BCUT2D eigenvalue weighted by molar-refractivity contribution is 5.77. The summed E-state index contributed by atoms with van der Waals surface area (Å²) < 4.78 is 4.47. The summed E-state index contributed by atoms with van der Waals surface area (Å²) >= 11 is 0. The van der Waals surface area contributed by atoms with Gasteiger partial charge in [-0.3, -0.25) is 0 Å². The van der Waals surface area contributed by atoms with Gasteiger partial charge in [0.05, 0.1) is 29.0 Å². The number of H-pyrrole nitrogens is 2. The van der Waals surface area contributed by atoms with Gasteiger partial charge in [0.25, 0.3) is 0 Å². The van der Waals surface area contributed by atoms with E-state index in [9.17, 15) is 0 Å². The lowest BCUT2D eigenvalue weighted by Crippen LogP contribution is -1.77. The molecule has 6 rings (SSSR count). The largest absolute Gasteiger partial charge is 0.452 e. The van der Waals surface area contributed by atoms with E-state index < -0.39 is 0 Å². The minimum atomic E-state index is 0.915. The number of hydrogen-bond acceptors (Lipinski definition) is 4. The number of aromatic amines is 2. The first-order valence-electron chi connectivity index (χ1n) is 9.17. The molecule has 4 aromatic rings. The molecular weight excluding hydrogens is 362 g/mol. The van der Waals surface area contributed by atoms with E-state index in [1.807, 2.05) is 42.5 Å². The van der Waals surface area contributed by atoms with Gasteiger partial charge in [-0.2, -0.15) is 0 Å². The average Bonchev–Trinajstić information content (AvgIpc) is 3.50. The fourth-order valence-corrected chi connectivity index (χ4v) is 3.12. The fourth-order valence-electron chi connectivity index (χ4n) is 3.12. The number of rotatable bonds is 0. The molecule has 4 aromatic heterocycles. The first-order valence-corrected chi connectivity index (χ1v) is 9.17. The first-order chi connectivity index (χ1) is 14.3. The van der Waals surface area contributed by atoms with Gasteiger partial charge in [-0.25, -0.2) is 15.0 Å². The van der Waals surface area contributed by atoms with Crippen LogP contribution in [-0.4, -0.2) is 24.9 Å². The van der Waals surface area contributed by atoms with Crippen LogP contribution in [0.3, 0.4) is 0 Å². The third kappa shape index (κ3) is 4.06. The summed E-state index contributed by atoms with van der Waals surface area (Å²) in [6.07, 6.45) is 12.5. The van der Waals surface area contributed by atoms with Crippen LogP contribution in [-0.2, 0) is 0 Å². The monoisotopic (exact) mass is 379 g/mol. The molecule has 0 fully saturated rings. The zero-order chi connectivity index (χ0) is 19.5. The zero-order valence-electron chi connectivity index (χ0n) is 15.4. The van der Waals surface area contributed by atoms with Crippen LogP contribution >= 0.6 is 0 Å². The Labute approximate surface area is 166 Å². The molecule has 0 unspecified atom stereocenters. The molecule has 140 valence electrons. The van der Waals surface area contributed by atoms with Gasteiger partial charge >= 0.3 is 0 Å². The van der Waals surface area contributed by atoms with Gasteiger partial charge < -0.3 is 14.4 Å². The molecule has 8 bridgehead atoms. The van der Waals surface area contributed by atoms with E-state index in [-0.39, 0.29) is 0 Å². The lowest BCUT2D eigenvalue weighted by atomic mass is 10.3. The molecule has 0 saturated carbocycles. The Balaban J connectivity index is 0.000000319. The summed E-state index contributed by atoms with van der Waals surface area (Å²) in [5, 5.41) is 0. The number of aromatic nitrogens is 5. The van der Waals surface area contributed by atoms with Crippen LogP contribution in [0.1, 0.15) is 22.8 Å². The quantitative estimate of drug-likeness (QED) is 0.374. The van der Waals surface area contributed by atoms with Crippen LogP contribution in [0.5, 0.6) is 0 Å². The van der Waals surface area contributed by atoms with E-state index >= 15 is 0 Å². The van der Waals surface area contributed by atoms with Crippen molar-refractivity contribution < 1.29 is 4.42 Å². The lowest BCUT2D eigenvalue weighted by Gasteiger charge is -1.86. The van der Waals surface area contributed by atoms with Crippen LogP contribution in [0.25, 0.3) is 46.4 Å². The second kappa shape index (κ2) is 7.44. The van der Waals surface area contributed by atoms with Gasteiger partial charge in [-0.15, -0.1) is 0 Å². The van der Waals surface area contributed by atoms with Gasteiger partial charge in [0.2, 0.25) is 0 Å². The van der Waals surface area contributed by atoms with Gasteiger partial charge in [-0.1, -0.05) is 0 Å². The van der Waals surface area contributed by atoms with Gasteiger partial charge in [-0.05, 0) is 72.8 Å². The van der Waals surface area contributed by atoms with Crippen molar-refractivity contribution in [2.75, 3.05) is 0 Å². The molecule has 2 aliphatic heterocycles. The van der Waals surface area contributed by atoms with Crippen molar-refractivity contribution in [3.8, 4) is 0 Å². The van der Waals surface area contributed by atoms with E-state index in [0.717, 1.165) is 44.8 Å². The number of hydrogen-bond donors (Lipinski definition) is 2. The van der Waals surface area contributed by atoms with Crippen molar-refractivity contribution in [2.45, 2.75) is 0 Å². The topological polar surface area (TPSA) is 83.4 Å². The zero-order valence-corrected chi connectivity index (χ0v) is 15.4. The molecule has 6 heterocycles. The Morgan fingerprint density at radius 1 is 0.586 bits per heavy atom. The minimum absolute atomic E-state index is 0.915. The third-order valence-electron chi connectivity index (χ3n) is 4.39. The van der Waals surface area contributed by atoms with Crippen LogP contribution in [0, 0.1) is 0 Å². The Kier molecular flexibility index (Phi) is 4.35. The third-order valence-corrected chi connectivity index (χ3v) is 4.39. The molecule has 2 aliphatic rings. The maximum atomic E-state index is 4.62. The molecule has 2 N–H and O–H groups in total. The van der Waals surface area contributed by atoms with E-state index in [4.69, 9.17) is 0 Å². The fraction of sp³-hybridized carbons (Fsp3) is 0. The van der Waals surface area contributed by atoms with Crippen molar-refractivity contribution in [3.05, 3.63) is 90.2 Å². The molecule has 0 aliphatic carbocycles. The van der Waals surface area contributed by atoms with Gasteiger partial charge in [0.1, 0.15) is 6.26 Å². The Hall–Kier alpha value is -4.19. The summed E-state index contributed by atoms with van der Waals surface area (Å²) in [5.41, 5.74) is 7.86. The summed E-state index contributed by atoms with van der Waals surface area (Å²) in [5.74, 6) is 0. The van der Waals surface area contributed by atoms with E-state index in [1.165, 1.54) is 12.7 Å². The Bertz CT molecular complexity index is 1250. The van der Waals surface area contributed by atoms with Gasteiger partial charge in [0, 0.05) is 22.1 Å². The Morgan fingerprint density at radius 3 is 1.48 bits per heavy atom. The normalized spacial score (nSPS) is 11.9. The molecule has 0 atom stereocenters. The summed E-state index contributed by atoms with van der Waals surface area (Å²) in [6, 6.07) is 16.4. The van der Waals surface area contributed by atoms with Crippen molar-refractivity contribution in [1.29, 1.82) is 0 Å². The number of nitrogens with one attached hydrogen (secondary N) is 2. The maximum Gasteiger partial charge on any atom is 0.180 e. The summed E-state index contributed by atoms with van der Waals surface area (Å²) in [6.45, 7) is 0. The standard InChI is InChI=1S/C20H14N4.C3H3NO/c1-2-14-10-16-5-6-18(23-16)12-20-8-7-19(24-20)11-17-4-3-15(22-17)9-13(1)21-14;1-2-5-3-4-1/h1-12,21-22H;1-3H. The molecular formula is C23H17N5O. The van der Waals surface area contributed by atoms with Crippen LogP contribution in [0.4, 0.5) is 0 Å².